The summed E-state index contributed by atoms with van der Waals surface area (Å²) in [6.07, 6.45) is 15.1. The van der Waals surface area contributed by atoms with Gasteiger partial charge >= 0.3 is 0 Å². The smallest absolute Gasteiger partial charge is 0.0366 e. The third kappa shape index (κ3) is 10.6. The maximum absolute atomic E-state index is 3.76. The van der Waals surface area contributed by atoms with Gasteiger partial charge in [-0.25, -0.2) is 0 Å². The SMILES string of the molecule is C=C/C=c1/cccc/c1=C/CN(C)c1ccccc1.Cc1ccc2c(c1)C=CCC2.c1ccc(-c2ccc3cc(CCc4cccc5ccccc45)ccc3c2)cc1. The van der Waals surface area contributed by atoms with Gasteiger partial charge in [0.1, 0.15) is 0 Å². The number of para-hydroxylation sites is 1. The van der Waals surface area contributed by atoms with Gasteiger partial charge in [0, 0.05) is 19.3 Å². The summed E-state index contributed by atoms with van der Waals surface area (Å²) < 4.78 is 0. The van der Waals surface area contributed by atoms with Gasteiger partial charge in [-0.05, 0) is 116 Å². The molecule has 58 heavy (non-hydrogen) atoms. The predicted molar refractivity (Wildman–Crippen MR) is 254 cm³/mol. The molecular formula is C57H53N. The molecule has 1 heteroatoms. The molecule has 0 saturated carbocycles. The molecule has 0 radical (unpaired) electrons. The summed E-state index contributed by atoms with van der Waals surface area (Å²) in [5.74, 6) is 0. The second-order valence-electron chi connectivity index (χ2n) is 15.0. The maximum Gasteiger partial charge on any atom is 0.0366 e. The monoisotopic (exact) mass is 751 g/mol. The van der Waals surface area contributed by atoms with Crippen LogP contribution in [-0.2, 0) is 19.3 Å². The number of hydrogen-bond acceptors (Lipinski definition) is 1. The first-order valence-corrected chi connectivity index (χ1v) is 20.5. The first-order valence-electron chi connectivity index (χ1n) is 20.5. The molecule has 0 fully saturated rings. The summed E-state index contributed by atoms with van der Waals surface area (Å²) >= 11 is 0. The molecule has 0 bridgehead atoms. The van der Waals surface area contributed by atoms with Crippen LogP contribution in [0.5, 0.6) is 0 Å². The number of allylic oxidation sites excluding steroid dienone is 2. The molecule has 0 aromatic heterocycles. The number of hydrogen-bond donors (Lipinski definition) is 0. The minimum absolute atomic E-state index is 0.881. The maximum atomic E-state index is 3.76. The van der Waals surface area contributed by atoms with Gasteiger partial charge in [-0.1, -0.05) is 206 Å². The lowest BCUT2D eigenvalue weighted by Gasteiger charge is -2.16. The molecule has 8 aromatic rings. The van der Waals surface area contributed by atoms with E-state index in [1.54, 1.807) is 0 Å². The molecule has 0 amide bonds. The topological polar surface area (TPSA) is 3.24 Å². The minimum Gasteiger partial charge on any atom is -0.371 e. The van der Waals surface area contributed by atoms with Gasteiger partial charge in [-0.2, -0.15) is 0 Å². The standard InChI is InChI=1S/C28H22.C18H19N.C11H12/c1-2-7-22(8-3-1)26-18-17-25-19-21(14-16-27(25)20-26)13-15-24-11-6-10-23-9-4-5-12-28(23)24;1-3-9-16-10-7-8-11-17(16)14-15-19(2)18-12-5-4-6-13-18;1-9-6-7-10-4-2-3-5-11(10)8-9/h1-12,14,16-20H,13,15H2;3-14H,1,15H2,2H3;3,5-8H,2,4H2,1H3/b;16-9-,17-14-;. The van der Waals surface area contributed by atoms with Crippen LogP contribution in [0.15, 0.2) is 201 Å². The Morgan fingerprint density at radius 2 is 1.29 bits per heavy atom. The van der Waals surface area contributed by atoms with Crippen molar-refractivity contribution < 1.29 is 0 Å². The normalized spacial score (nSPS) is 12.2. The van der Waals surface area contributed by atoms with E-state index in [1.807, 2.05) is 24.3 Å². The lowest BCUT2D eigenvalue weighted by atomic mass is 9.96. The molecular weight excluding hydrogens is 699 g/mol. The van der Waals surface area contributed by atoms with Crippen LogP contribution < -0.4 is 15.3 Å². The molecule has 0 saturated heterocycles. The number of anilines is 1. The second-order valence-corrected chi connectivity index (χ2v) is 15.0. The van der Waals surface area contributed by atoms with Crippen molar-refractivity contribution >= 4 is 45.5 Å². The average Bonchev–Trinajstić information content (AvgIpc) is 3.28. The third-order valence-electron chi connectivity index (χ3n) is 10.8. The van der Waals surface area contributed by atoms with E-state index in [1.165, 1.54) is 89.5 Å². The minimum atomic E-state index is 0.881. The highest BCUT2D eigenvalue weighted by atomic mass is 15.1. The quantitative estimate of drug-likeness (QED) is 0.149. The molecule has 9 rings (SSSR count). The molecule has 286 valence electrons. The van der Waals surface area contributed by atoms with Crippen LogP contribution in [0.1, 0.15) is 34.2 Å². The Bertz CT molecular complexity index is 2740. The van der Waals surface area contributed by atoms with Crippen LogP contribution in [-0.4, -0.2) is 13.6 Å². The van der Waals surface area contributed by atoms with E-state index in [2.05, 4.69) is 214 Å². The van der Waals surface area contributed by atoms with Crippen molar-refractivity contribution in [3.63, 3.8) is 0 Å². The number of nitrogens with zero attached hydrogens (tertiary/aromatic N) is 1. The zero-order valence-electron chi connectivity index (χ0n) is 33.9. The molecule has 0 atom stereocenters. The van der Waals surface area contributed by atoms with Crippen LogP contribution in [0.4, 0.5) is 5.69 Å². The number of aryl methyl sites for hydroxylation is 4. The summed E-state index contributed by atoms with van der Waals surface area (Å²) in [6.45, 7) is 6.78. The molecule has 8 aromatic carbocycles. The highest BCUT2D eigenvalue weighted by Gasteiger charge is 2.05. The van der Waals surface area contributed by atoms with Crippen LogP contribution in [0.2, 0.25) is 0 Å². The summed E-state index contributed by atoms with van der Waals surface area (Å²) in [4.78, 5) is 2.23. The van der Waals surface area contributed by atoms with Gasteiger partial charge < -0.3 is 4.90 Å². The van der Waals surface area contributed by atoms with E-state index in [9.17, 15) is 0 Å². The largest absolute Gasteiger partial charge is 0.371 e. The first kappa shape index (κ1) is 39.5. The zero-order valence-corrected chi connectivity index (χ0v) is 33.9. The molecule has 1 nitrogen and oxygen atoms in total. The van der Waals surface area contributed by atoms with Gasteiger partial charge in [0.15, 0.2) is 0 Å². The Morgan fingerprint density at radius 1 is 0.586 bits per heavy atom. The fraction of sp³-hybridized carbons (Fsp3) is 0.123. The molecule has 0 heterocycles. The van der Waals surface area contributed by atoms with Crippen molar-refractivity contribution in [3.8, 4) is 11.1 Å². The molecule has 1 aliphatic rings. The van der Waals surface area contributed by atoms with Crippen molar-refractivity contribution in [1.82, 2.24) is 0 Å². The summed E-state index contributed by atoms with van der Waals surface area (Å²) in [6, 6.07) is 65.0. The fourth-order valence-corrected chi connectivity index (χ4v) is 7.60. The molecule has 1 aliphatic carbocycles. The highest BCUT2D eigenvalue weighted by molar-refractivity contribution is 5.88. The van der Waals surface area contributed by atoms with Gasteiger partial charge in [-0.15, -0.1) is 0 Å². The predicted octanol–water partition coefficient (Wildman–Crippen LogP) is 13.0. The Kier molecular flexibility index (Phi) is 13.6. The third-order valence-corrected chi connectivity index (χ3v) is 10.8. The van der Waals surface area contributed by atoms with E-state index in [-0.39, 0.29) is 0 Å². The Hall–Kier alpha value is -6.70. The molecule has 0 unspecified atom stereocenters. The summed E-state index contributed by atoms with van der Waals surface area (Å²) in [5.41, 5.74) is 10.9. The highest BCUT2D eigenvalue weighted by Crippen LogP contribution is 2.26. The number of rotatable bonds is 8. The lowest BCUT2D eigenvalue weighted by Crippen LogP contribution is -2.27. The van der Waals surface area contributed by atoms with Gasteiger partial charge in [0.05, 0.1) is 0 Å². The fourth-order valence-electron chi connectivity index (χ4n) is 7.60. The van der Waals surface area contributed by atoms with Crippen LogP contribution in [0.25, 0.3) is 50.9 Å². The Balaban J connectivity index is 0.000000147. The lowest BCUT2D eigenvalue weighted by molar-refractivity contribution is 0.971. The molecule has 0 N–H and O–H groups in total. The molecule has 0 spiro atoms. The van der Waals surface area contributed by atoms with Crippen molar-refractivity contribution in [2.24, 2.45) is 0 Å². The van der Waals surface area contributed by atoms with Crippen LogP contribution in [0.3, 0.4) is 0 Å². The van der Waals surface area contributed by atoms with Crippen LogP contribution >= 0.6 is 0 Å². The average molecular weight is 752 g/mol. The van der Waals surface area contributed by atoms with Gasteiger partial charge in [0.25, 0.3) is 0 Å². The number of benzene rings is 8. The van der Waals surface area contributed by atoms with E-state index >= 15 is 0 Å². The summed E-state index contributed by atoms with van der Waals surface area (Å²) in [7, 11) is 2.10. The number of fused-ring (bicyclic) bond motifs is 3. The van der Waals surface area contributed by atoms with Crippen molar-refractivity contribution in [3.05, 3.63) is 239 Å². The van der Waals surface area contributed by atoms with E-state index in [0.717, 1.165) is 19.4 Å². The Labute approximate surface area is 345 Å². The summed E-state index contributed by atoms with van der Waals surface area (Å²) in [5, 5.41) is 7.76. The van der Waals surface area contributed by atoms with Gasteiger partial charge in [-0.3, -0.25) is 0 Å². The zero-order chi connectivity index (χ0) is 39.9. The van der Waals surface area contributed by atoms with E-state index < -0.39 is 0 Å². The van der Waals surface area contributed by atoms with E-state index in [0.29, 0.717) is 0 Å². The second kappa shape index (κ2) is 19.9. The van der Waals surface area contributed by atoms with Crippen molar-refractivity contribution in [1.29, 1.82) is 0 Å². The van der Waals surface area contributed by atoms with Gasteiger partial charge in [0.2, 0.25) is 0 Å². The van der Waals surface area contributed by atoms with Crippen molar-refractivity contribution in [2.45, 2.75) is 32.6 Å². The van der Waals surface area contributed by atoms with E-state index in [4.69, 9.17) is 0 Å². The first-order chi connectivity index (χ1) is 28.5. The Morgan fingerprint density at radius 3 is 2.12 bits per heavy atom. The van der Waals surface area contributed by atoms with Crippen molar-refractivity contribution in [2.75, 3.05) is 18.5 Å². The van der Waals surface area contributed by atoms with Crippen LogP contribution in [0, 0.1) is 6.92 Å². The molecule has 0 aliphatic heterocycles.